The minimum atomic E-state index is -3.45. The summed E-state index contributed by atoms with van der Waals surface area (Å²) in [6.45, 7) is 2.39. The molecule has 1 aliphatic carbocycles. The fourth-order valence-electron chi connectivity index (χ4n) is 2.67. The Morgan fingerprint density at radius 3 is 2.53 bits per heavy atom. The predicted molar refractivity (Wildman–Crippen MR) is 80.4 cm³/mol. The van der Waals surface area contributed by atoms with Crippen LogP contribution in [0.1, 0.15) is 32.6 Å². The summed E-state index contributed by atoms with van der Waals surface area (Å²) in [6.07, 6.45) is 4.14. The van der Waals surface area contributed by atoms with E-state index >= 15 is 0 Å². The van der Waals surface area contributed by atoms with Gasteiger partial charge >= 0.3 is 0 Å². The summed E-state index contributed by atoms with van der Waals surface area (Å²) in [5, 5.41) is 0. The van der Waals surface area contributed by atoms with Crippen molar-refractivity contribution in [3.05, 3.63) is 22.7 Å². The van der Waals surface area contributed by atoms with Gasteiger partial charge in [-0.25, -0.2) is 8.42 Å². The standard InChI is InChI=1S/C13H19BrN2O2S/c1-2-16(11-5-3-4-6-11)19(17,18)13-8-7-10(15)9-12(13)14/h7-9,11H,2-6,15H2,1H3. The van der Waals surface area contributed by atoms with Crippen LogP contribution in [0.4, 0.5) is 5.69 Å². The Balaban J connectivity index is 2.39. The van der Waals surface area contributed by atoms with Gasteiger partial charge in [-0.05, 0) is 47.0 Å². The molecule has 6 heteroatoms. The molecular formula is C13H19BrN2O2S. The molecule has 0 aromatic heterocycles. The molecule has 0 saturated heterocycles. The second-order valence-corrected chi connectivity index (χ2v) is 7.55. The zero-order valence-electron chi connectivity index (χ0n) is 11.0. The van der Waals surface area contributed by atoms with Crippen LogP contribution in [-0.2, 0) is 10.0 Å². The van der Waals surface area contributed by atoms with Crippen LogP contribution >= 0.6 is 15.9 Å². The smallest absolute Gasteiger partial charge is 0.244 e. The van der Waals surface area contributed by atoms with Crippen molar-refractivity contribution in [1.82, 2.24) is 4.31 Å². The number of nitrogens with two attached hydrogens (primary N) is 1. The molecule has 0 spiro atoms. The Morgan fingerprint density at radius 2 is 2.00 bits per heavy atom. The summed E-state index contributed by atoms with van der Waals surface area (Å²) in [5.41, 5.74) is 6.21. The molecule has 19 heavy (non-hydrogen) atoms. The molecule has 4 nitrogen and oxygen atoms in total. The Morgan fingerprint density at radius 1 is 1.37 bits per heavy atom. The van der Waals surface area contributed by atoms with Crippen molar-refractivity contribution < 1.29 is 8.42 Å². The number of nitrogens with zero attached hydrogens (tertiary/aromatic N) is 1. The molecule has 106 valence electrons. The van der Waals surface area contributed by atoms with Crippen LogP contribution in [0.3, 0.4) is 0 Å². The van der Waals surface area contributed by atoms with E-state index in [1.165, 1.54) is 0 Å². The maximum atomic E-state index is 12.7. The second kappa shape index (κ2) is 5.81. The Bertz CT molecular complexity index is 554. The predicted octanol–water partition coefficient (Wildman–Crippen LogP) is 2.98. The summed E-state index contributed by atoms with van der Waals surface area (Å²) < 4.78 is 27.6. The van der Waals surface area contributed by atoms with Gasteiger partial charge in [0.25, 0.3) is 0 Å². The van der Waals surface area contributed by atoms with Crippen LogP contribution in [0.25, 0.3) is 0 Å². The van der Waals surface area contributed by atoms with Crippen molar-refractivity contribution >= 4 is 31.6 Å². The molecular weight excluding hydrogens is 328 g/mol. The van der Waals surface area contributed by atoms with Crippen molar-refractivity contribution in [3.8, 4) is 0 Å². The summed E-state index contributed by atoms with van der Waals surface area (Å²) in [4.78, 5) is 0.301. The zero-order chi connectivity index (χ0) is 14.0. The van der Waals surface area contributed by atoms with Crippen molar-refractivity contribution in [2.45, 2.75) is 43.5 Å². The average Bonchev–Trinajstić information content (AvgIpc) is 2.82. The minimum absolute atomic E-state index is 0.138. The lowest BCUT2D eigenvalue weighted by Crippen LogP contribution is -2.38. The molecule has 1 aromatic carbocycles. The largest absolute Gasteiger partial charge is 0.399 e. The third-order valence-electron chi connectivity index (χ3n) is 3.59. The molecule has 1 aromatic rings. The fraction of sp³-hybridized carbons (Fsp3) is 0.538. The highest BCUT2D eigenvalue weighted by molar-refractivity contribution is 9.10. The normalized spacial score (nSPS) is 17.2. The maximum Gasteiger partial charge on any atom is 0.244 e. The second-order valence-electron chi connectivity index (χ2n) is 4.84. The first-order valence-corrected chi connectivity index (χ1v) is 8.77. The van der Waals surface area contributed by atoms with E-state index in [4.69, 9.17) is 5.73 Å². The van der Waals surface area contributed by atoms with Gasteiger partial charge in [-0.2, -0.15) is 4.31 Å². The van der Waals surface area contributed by atoms with Gasteiger partial charge in [0.15, 0.2) is 0 Å². The molecule has 0 heterocycles. The van der Waals surface area contributed by atoms with Crippen molar-refractivity contribution in [1.29, 1.82) is 0 Å². The number of sulfonamides is 1. The molecule has 0 bridgehead atoms. The Labute approximate surface area is 123 Å². The van der Waals surface area contributed by atoms with Gasteiger partial charge in [-0.15, -0.1) is 0 Å². The van der Waals surface area contributed by atoms with Crippen LogP contribution in [0.2, 0.25) is 0 Å². The van der Waals surface area contributed by atoms with Crippen LogP contribution < -0.4 is 5.73 Å². The fourth-order valence-corrected chi connectivity index (χ4v) is 5.42. The van der Waals surface area contributed by atoms with Crippen LogP contribution in [0.5, 0.6) is 0 Å². The summed E-state index contributed by atoms with van der Waals surface area (Å²) in [5.74, 6) is 0. The maximum absolute atomic E-state index is 12.7. The number of benzene rings is 1. The highest BCUT2D eigenvalue weighted by Crippen LogP contribution is 2.32. The molecule has 0 amide bonds. The van der Waals surface area contributed by atoms with Crippen LogP contribution in [0.15, 0.2) is 27.6 Å². The molecule has 2 rings (SSSR count). The average molecular weight is 347 g/mol. The first-order valence-electron chi connectivity index (χ1n) is 6.53. The Hall–Kier alpha value is -0.590. The monoisotopic (exact) mass is 346 g/mol. The van der Waals surface area contributed by atoms with Gasteiger partial charge in [0.05, 0.1) is 4.90 Å². The summed E-state index contributed by atoms with van der Waals surface area (Å²) in [7, 11) is -3.45. The number of hydrogen-bond donors (Lipinski definition) is 1. The third kappa shape index (κ3) is 2.95. The van der Waals surface area contributed by atoms with E-state index in [1.807, 2.05) is 6.92 Å². The van der Waals surface area contributed by atoms with Crippen molar-refractivity contribution in [2.75, 3.05) is 12.3 Å². The highest BCUT2D eigenvalue weighted by atomic mass is 79.9. The van der Waals surface area contributed by atoms with Gasteiger partial charge < -0.3 is 5.73 Å². The lowest BCUT2D eigenvalue weighted by molar-refractivity contribution is 0.335. The van der Waals surface area contributed by atoms with E-state index < -0.39 is 10.0 Å². The Kier molecular flexibility index (Phi) is 4.53. The summed E-state index contributed by atoms with van der Waals surface area (Å²) >= 11 is 3.30. The van der Waals surface area contributed by atoms with Gasteiger partial charge in [0.2, 0.25) is 10.0 Å². The topological polar surface area (TPSA) is 63.4 Å². The van der Waals surface area contributed by atoms with Crippen molar-refractivity contribution in [3.63, 3.8) is 0 Å². The van der Waals surface area contributed by atoms with E-state index in [9.17, 15) is 8.42 Å². The quantitative estimate of drug-likeness (QED) is 0.852. The molecule has 0 radical (unpaired) electrons. The van der Waals surface area contributed by atoms with Gasteiger partial charge in [0.1, 0.15) is 0 Å². The van der Waals surface area contributed by atoms with E-state index in [1.54, 1.807) is 22.5 Å². The molecule has 2 N–H and O–H groups in total. The number of hydrogen-bond acceptors (Lipinski definition) is 3. The first kappa shape index (κ1) is 14.8. The van der Waals surface area contributed by atoms with E-state index in [0.717, 1.165) is 25.7 Å². The number of nitrogen functional groups attached to an aromatic ring is 1. The SMILES string of the molecule is CCN(C1CCCC1)S(=O)(=O)c1ccc(N)cc1Br. The highest BCUT2D eigenvalue weighted by Gasteiger charge is 2.33. The van der Waals surface area contributed by atoms with Gasteiger partial charge in [-0.1, -0.05) is 19.8 Å². The lowest BCUT2D eigenvalue weighted by Gasteiger charge is -2.27. The number of anilines is 1. The van der Waals surface area contributed by atoms with Gasteiger partial charge in [0, 0.05) is 22.7 Å². The van der Waals surface area contributed by atoms with E-state index in [2.05, 4.69) is 15.9 Å². The minimum Gasteiger partial charge on any atom is -0.399 e. The van der Waals surface area contributed by atoms with E-state index in [0.29, 0.717) is 21.6 Å². The molecule has 1 aliphatic rings. The van der Waals surface area contributed by atoms with Crippen molar-refractivity contribution in [2.24, 2.45) is 0 Å². The number of halogens is 1. The molecule has 0 unspecified atom stereocenters. The first-order chi connectivity index (χ1) is 8.96. The molecule has 0 aliphatic heterocycles. The molecule has 1 fully saturated rings. The summed E-state index contributed by atoms with van der Waals surface area (Å²) in [6, 6.07) is 4.97. The zero-order valence-corrected chi connectivity index (χ0v) is 13.4. The third-order valence-corrected chi connectivity index (χ3v) is 6.59. The lowest BCUT2D eigenvalue weighted by atomic mass is 10.2. The molecule has 0 atom stereocenters. The van der Waals surface area contributed by atoms with Gasteiger partial charge in [-0.3, -0.25) is 0 Å². The van der Waals surface area contributed by atoms with E-state index in [-0.39, 0.29) is 6.04 Å². The number of rotatable bonds is 4. The van der Waals surface area contributed by atoms with Crippen LogP contribution in [-0.4, -0.2) is 25.3 Å². The molecule has 1 saturated carbocycles. The van der Waals surface area contributed by atoms with Crippen LogP contribution in [0, 0.1) is 0 Å².